The van der Waals surface area contributed by atoms with Gasteiger partial charge in [0.05, 0.1) is 20.2 Å². The lowest BCUT2D eigenvalue weighted by Crippen LogP contribution is -2.36. The molecular formula is C11H15N3O3. The normalized spacial score (nSPS) is 9.53. The van der Waals surface area contributed by atoms with E-state index >= 15 is 0 Å². The minimum atomic E-state index is -0.370. The monoisotopic (exact) mass is 237 g/mol. The molecule has 1 rings (SSSR count). The van der Waals surface area contributed by atoms with E-state index in [1.807, 2.05) is 0 Å². The van der Waals surface area contributed by atoms with Gasteiger partial charge in [0.15, 0.2) is 0 Å². The molecule has 0 atom stereocenters. The topological polar surface area (TPSA) is 93.5 Å². The first kappa shape index (κ1) is 13.0. The van der Waals surface area contributed by atoms with Crippen molar-refractivity contribution in [3.63, 3.8) is 0 Å². The van der Waals surface area contributed by atoms with E-state index in [1.54, 1.807) is 31.4 Å². The number of rotatable bonds is 5. The van der Waals surface area contributed by atoms with E-state index in [9.17, 15) is 9.59 Å². The molecule has 1 aromatic rings. The Morgan fingerprint density at radius 3 is 2.76 bits per heavy atom. The molecule has 17 heavy (non-hydrogen) atoms. The first-order valence-corrected chi connectivity index (χ1v) is 5.06. The molecule has 0 aliphatic heterocycles. The molecule has 2 amide bonds. The third-order valence-corrected chi connectivity index (χ3v) is 1.99. The number of hydrogen-bond acceptors (Lipinski definition) is 4. The van der Waals surface area contributed by atoms with Crippen molar-refractivity contribution in [2.75, 3.05) is 25.5 Å². The number of nitrogens with one attached hydrogen (secondary N) is 2. The zero-order valence-electron chi connectivity index (χ0n) is 9.53. The number of nitrogens with two attached hydrogens (primary N) is 1. The fourth-order valence-electron chi connectivity index (χ4n) is 1.16. The van der Waals surface area contributed by atoms with Gasteiger partial charge in [-0.1, -0.05) is 6.07 Å². The first-order chi connectivity index (χ1) is 8.15. The number of methoxy groups -OCH3 is 1. The van der Waals surface area contributed by atoms with Crippen molar-refractivity contribution in [2.45, 2.75) is 0 Å². The SMILES string of the molecule is COc1cccc(NC(=O)CNC(=O)CN)c1. The van der Waals surface area contributed by atoms with Crippen LogP contribution in [-0.4, -0.2) is 32.0 Å². The Balaban J connectivity index is 2.47. The zero-order valence-corrected chi connectivity index (χ0v) is 9.53. The summed E-state index contributed by atoms with van der Waals surface area (Å²) in [7, 11) is 1.54. The van der Waals surface area contributed by atoms with Crippen LogP contribution in [0.1, 0.15) is 0 Å². The van der Waals surface area contributed by atoms with Crippen molar-refractivity contribution in [3.8, 4) is 5.75 Å². The largest absolute Gasteiger partial charge is 0.497 e. The molecule has 0 aromatic heterocycles. The van der Waals surface area contributed by atoms with Gasteiger partial charge in [-0.05, 0) is 12.1 Å². The van der Waals surface area contributed by atoms with E-state index in [0.29, 0.717) is 11.4 Å². The summed E-state index contributed by atoms with van der Waals surface area (Å²) in [4.78, 5) is 22.3. The summed E-state index contributed by atoms with van der Waals surface area (Å²) >= 11 is 0. The van der Waals surface area contributed by atoms with Gasteiger partial charge in [-0.2, -0.15) is 0 Å². The van der Waals surface area contributed by atoms with E-state index in [4.69, 9.17) is 10.5 Å². The smallest absolute Gasteiger partial charge is 0.243 e. The van der Waals surface area contributed by atoms with E-state index < -0.39 is 0 Å². The lowest BCUT2D eigenvalue weighted by atomic mass is 10.3. The Labute approximate surface area is 99.1 Å². The van der Waals surface area contributed by atoms with Gasteiger partial charge in [0.2, 0.25) is 11.8 Å². The van der Waals surface area contributed by atoms with Crippen LogP contribution < -0.4 is 21.1 Å². The standard InChI is InChI=1S/C11H15N3O3/c1-17-9-4-2-3-8(5-9)14-11(16)7-13-10(15)6-12/h2-5H,6-7,12H2,1H3,(H,13,15)(H,14,16). The molecular weight excluding hydrogens is 222 g/mol. The van der Waals surface area contributed by atoms with Gasteiger partial charge in [-0.15, -0.1) is 0 Å². The highest BCUT2D eigenvalue weighted by Gasteiger charge is 2.04. The summed E-state index contributed by atoms with van der Waals surface area (Å²) in [5, 5.41) is 5.00. The van der Waals surface area contributed by atoms with Crippen LogP contribution >= 0.6 is 0 Å². The van der Waals surface area contributed by atoms with Crippen molar-refractivity contribution in [1.82, 2.24) is 5.32 Å². The molecule has 92 valence electrons. The lowest BCUT2D eigenvalue weighted by molar-refractivity contribution is -0.123. The van der Waals surface area contributed by atoms with Crippen molar-refractivity contribution in [3.05, 3.63) is 24.3 Å². The minimum absolute atomic E-state index is 0.104. The van der Waals surface area contributed by atoms with Gasteiger partial charge in [0.25, 0.3) is 0 Å². The van der Waals surface area contributed by atoms with Crippen LogP contribution in [0.5, 0.6) is 5.75 Å². The van der Waals surface area contributed by atoms with Gasteiger partial charge in [-0.25, -0.2) is 0 Å². The predicted octanol–water partition coefficient (Wildman–Crippen LogP) is -0.291. The van der Waals surface area contributed by atoms with Crippen molar-refractivity contribution < 1.29 is 14.3 Å². The van der Waals surface area contributed by atoms with Gasteiger partial charge >= 0.3 is 0 Å². The average molecular weight is 237 g/mol. The summed E-state index contributed by atoms with van der Waals surface area (Å²) in [6, 6.07) is 6.94. The summed E-state index contributed by atoms with van der Waals surface area (Å²) in [6.07, 6.45) is 0. The Morgan fingerprint density at radius 1 is 1.35 bits per heavy atom. The van der Waals surface area contributed by atoms with Crippen molar-refractivity contribution in [1.29, 1.82) is 0 Å². The number of benzene rings is 1. The number of hydrogen-bond donors (Lipinski definition) is 3. The number of carbonyl (C=O) groups is 2. The van der Waals surface area contributed by atoms with Crippen molar-refractivity contribution >= 4 is 17.5 Å². The Morgan fingerprint density at radius 2 is 2.12 bits per heavy atom. The van der Waals surface area contributed by atoms with Crippen molar-refractivity contribution in [2.24, 2.45) is 5.73 Å². The van der Waals surface area contributed by atoms with Crippen LogP contribution in [0.3, 0.4) is 0 Å². The van der Waals surface area contributed by atoms with E-state index in [2.05, 4.69) is 10.6 Å². The maximum Gasteiger partial charge on any atom is 0.243 e. The molecule has 6 heteroatoms. The number of amides is 2. The average Bonchev–Trinajstić information content (AvgIpc) is 2.36. The highest BCUT2D eigenvalue weighted by Crippen LogP contribution is 2.16. The highest BCUT2D eigenvalue weighted by molar-refractivity contribution is 5.94. The summed E-state index contributed by atoms with van der Waals surface area (Å²) < 4.78 is 5.01. The molecule has 6 nitrogen and oxygen atoms in total. The molecule has 0 bridgehead atoms. The van der Waals surface area contributed by atoms with Gasteiger partial charge in [0, 0.05) is 11.8 Å². The molecule has 0 saturated heterocycles. The molecule has 0 unspecified atom stereocenters. The van der Waals surface area contributed by atoms with E-state index in [1.165, 1.54) is 0 Å². The van der Waals surface area contributed by atoms with Crippen LogP contribution in [0, 0.1) is 0 Å². The predicted molar refractivity (Wildman–Crippen MR) is 63.7 cm³/mol. The van der Waals surface area contributed by atoms with E-state index in [0.717, 1.165) is 0 Å². The fraction of sp³-hybridized carbons (Fsp3) is 0.273. The molecule has 0 spiro atoms. The van der Waals surface area contributed by atoms with Gasteiger partial charge in [-0.3, -0.25) is 9.59 Å². The second kappa shape index (κ2) is 6.49. The molecule has 0 radical (unpaired) electrons. The Kier molecular flexibility index (Phi) is 4.96. The molecule has 0 fully saturated rings. The molecule has 0 saturated carbocycles. The lowest BCUT2D eigenvalue weighted by Gasteiger charge is -2.07. The molecule has 0 aliphatic rings. The summed E-state index contributed by atoms with van der Waals surface area (Å²) in [5.74, 6) is -0.0420. The van der Waals surface area contributed by atoms with Crippen LogP contribution in [0.15, 0.2) is 24.3 Å². The quantitative estimate of drug-likeness (QED) is 0.656. The molecule has 0 heterocycles. The number of anilines is 1. The highest BCUT2D eigenvalue weighted by atomic mass is 16.5. The number of ether oxygens (including phenoxy) is 1. The van der Waals surface area contributed by atoms with Crippen LogP contribution in [0.2, 0.25) is 0 Å². The molecule has 4 N–H and O–H groups in total. The third-order valence-electron chi connectivity index (χ3n) is 1.99. The van der Waals surface area contributed by atoms with E-state index in [-0.39, 0.29) is 24.9 Å². The fourth-order valence-corrected chi connectivity index (χ4v) is 1.16. The zero-order chi connectivity index (χ0) is 12.7. The van der Waals surface area contributed by atoms with Crippen LogP contribution in [0.25, 0.3) is 0 Å². The molecule has 0 aliphatic carbocycles. The summed E-state index contributed by atoms with van der Waals surface area (Å²) in [5.41, 5.74) is 5.70. The van der Waals surface area contributed by atoms with Crippen LogP contribution in [-0.2, 0) is 9.59 Å². The second-order valence-electron chi connectivity index (χ2n) is 3.26. The third kappa shape index (κ3) is 4.52. The molecule has 1 aromatic carbocycles. The minimum Gasteiger partial charge on any atom is -0.497 e. The van der Waals surface area contributed by atoms with Gasteiger partial charge in [0.1, 0.15) is 5.75 Å². The Hall–Kier alpha value is -2.08. The number of carbonyl (C=O) groups excluding carboxylic acids is 2. The van der Waals surface area contributed by atoms with Gasteiger partial charge < -0.3 is 21.1 Å². The Bertz CT molecular complexity index is 407. The first-order valence-electron chi connectivity index (χ1n) is 5.06. The summed E-state index contributed by atoms with van der Waals surface area (Å²) in [6.45, 7) is -0.236. The maximum atomic E-state index is 11.4. The second-order valence-corrected chi connectivity index (χ2v) is 3.26. The maximum absolute atomic E-state index is 11.4. The van der Waals surface area contributed by atoms with Crippen LogP contribution in [0.4, 0.5) is 5.69 Å².